The Hall–Kier alpha value is -1.19. The summed E-state index contributed by atoms with van der Waals surface area (Å²) in [5.74, 6) is 0.192. The standard InChI is InChI=1S/C11H20F6N4/c1-18-9(20-6-4-10(12,13)14)19-5-3-7-21(2)8-11(15,16)17/h3-8H2,1-2H3,(H2,18,19,20). The number of rotatable bonds is 7. The summed E-state index contributed by atoms with van der Waals surface area (Å²) in [5, 5.41) is 5.22. The first kappa shape index (κ1) is 19.8. The normalized spacial score (nSPS) is 13.7. The number of nitrogens with one attached hydrogen (secondary N) is 2. The van der Waals surface area contributed by atoms with Crippen molar-refractivity contribution in [2.45, 2.75) is 25.2 Å². The summed E-state index contributed by atoms with van der Waals surface area (Å²) in [4.78, 5) is 4.84. The molecule has 0 saturated carbocycles. The molecule has 0 unspecified atom stereocenters. The molecule has 0 aliphatic rings. The van der Waals surface area contributed by atoms with Gasteiger partial charge in [-0.1, -0.05) is 0 Å². The molecular weight excluding hydrogens is 302 g/mol. The van der Waals surface area contributed by atoms with E-state index in [1.54, 1.807) is 0 Å². The van der Waals surface area contributed by atoms with Gasteiger partial charge in [-0.15, -0.1) is 0 Å². The summed E-state index contributed by atoms with van der Waals surface area (Å²) in [6.45, 7) is -0.775. The van der Waals surface area contributed by atoms with E-state index in [-0.39, 0.29) is 19.0 Å². The number of hydrogen-bond acceptors (Lipinski definition) is 2. The number of halogens is 6. The lowest BCUT2D eigenvalue weighted by Crippen LogP contribution is -2.40. The van der Waals surface area contributed by atoms with Gasteiger partial charge in [-0.3, -0.25) is 9.89 Å². The molecule has 0 aliphatic carbocycles. The Bertz CT molecular complexity index is 313. The van der Waals surface area contributed by atoms with Gasteiger partial charge in [0.25, 0.3) is 0 Å². The van der Waals surface area contributed by atoms with Gasteiger partial charge in [0.2, 0.25) is 0 Å². The lowest BCUT2D eigenvalue weighted by Gasteiger charge is -2.19. The van der Waals surface area contributed by atoms with Gasteiger partial charge in [-0.25, -0.2) is 0 Å². The van der Waals surface area contributed by atoms with Gasteiger partial charge in [0, 0.05) is 20.1 Å². The Balaban J connectivity index is 3.78. The Morgan fingerprint density at radius 3 is 2.05 bits per heavy atom. The summed E-state index contributed by atoms with van der Waals surface area (Å²) in [6.07, 6.45) is -9.06. The predicted octanol–water partition coefficient (Wildman–Crippen LogP) is 1.99. The maximum atomic E-state index is 12.1. The van der Waals surface area contributed by atoms with Crippen LogP contribution in [0.4, 0.5) is 26.3 Å². The molecule has 0 aromatic carbocycles. The lowest BCUT2D eigenvalue weighted by atomic mass is 10.4. The largest absolute Gasteiger partial charge is 0.401 e. The smallest absolute Gasteiger partial charge is 0.356 e. The van der Waals surface area contributed by atoms with E-state index in [2.05, 4.69) is 15.6 Å². The molecule has 0 aliphatic heterocycles. The predicted molar refractivity (Wildman–Crippen MR) is 68.2 cm³/mol. The van der Waals surface area contributed by atoms with E-state index in [1.807, 2.05) is 0 Å². The van der Waals surface area contributed by atoms with Gasteiger partial charge >= 0.3 is 12.4 Å². The molecule has 0 amide bonds. The van der Waals surface area contributed by atoms with Gasteiger partial charge in [0.05, 0.1) is 13.0 Å². The first-order chi connectivity index (χ1) is 9.53. The van der Waals surface area contributed by atoms with Crippen molar-refractivity contribution in [2.75, 3.05) is 40.3 Å². The van der Waals surface area contributed by atoms with Crippen LogP contribution in [0.2, 0.25) is 0 Å². The third-order valence-corrected chi connectivity index (χ3v) is 2.38. The quantitative estimate of drug-likeness (QED) is 0.326. The first-order valence-electron chi connectivity index (χ1n) is 6.30. The van der Waals surface area contributed by atoms with E-state index in [0.29, 0.717) is 13.0 Å². The third-order valence-electron chi connectivity index (χ3n) is 2.38. The second kappa shape index (κ2) is 8.96. The number of alkyl halides is 6. The molecule has 0 aromatic heterocycles. The molecule has 126 valence electrons. The van der Waals surface area contributed by atoms with Crippen LogP contribution in [0.25, 0.3) is 0 Å². The van der Waals surface area contributed by atoms with Crippen molar-refractivity contribution in [1.29, 1.82) is 0 Å². The zero-order valence-electron chi connectivity index (χ0n) is 11.9. The number of aliphatic imine (C=N–C) groups is 1. The SMILES string of the molecule is CN=C(NCCCN(C)CC(F)(F)F)NCCC(F)(F)F. The molecule has 0 saturated heterocycles. The van der Waals surface area contributed by atoms with Crippen molar-refractivity contribution in [1.82, 2.24) is 15.5 Å². The van der Waals surface area contributed by atoms with Gasteiger partial charge in [0.15, 0.2) is 5.96 Å². The molecule has 0 fully saturated rings. The fraction of sp³-hybridized carbons (Fsp3) is 0.909. The molecule has 0 atom stereocenters. The summed E-state index contributed by atoms with van der Waals surface area (Å²) < 4.78 is 72.0. The third kappa shape index (κ3) is 13.5. The number of hydrogen-bond donors (Lipinski definition) is 2. The molecule has 2 N–H and O–H groups in total. The number of nitrogens with zero attached hydrogens (tertiary/aromatic N) is 2. The molecule has 10 heteroatoms. The fourth-order valence-electron chi connectivity index (χ4n) is 1.48. The highest BCUT2D eigenvalue weighted by Gasteiger charge is 2.28. The summed E-state index contributed by atoms with van der Waals surface area (Å²) in [7, 11) is 2.75. The van der Waals surface area contributed by atoms with Crippen LogP contribution in [0.15, 0.2) is 4.99 Å². The van der Waals surface area contributed by atoms with Gasteiger partial charge in [0.1, 0.15) is 0 Å². The summed E-state index contributed by atoms with van der Waals surface area (Å²) in [6, 6.07) is 0. The lowest BCUT2D eigenvalue weighted by molar-refractivity contribution is -0.143. The van der Waals surface area contributed by atoms with Crippen LogP contribution < -0.4 is 10.6 Å². The Kier molecular flexibility index (Phi) is 8.45. The Morgan fingerprint density at radius 2 is 1.57 bits per heavy atom. The van der Waals surface area contributed by atoms with Crippen molar-refractivity contribution >= 4 is 5.96 Å². The number of guanidine groups is 1. The Labute approximate surface area is 119 Å². The fourth-order valence-corrected chi connectivity index (χ4v) is 1.48. The van der Waals surface area contributed by atoms with Crippen LogP contribution in [-0.2, 0) is 0 Å². The molecule has 4 nitrogen and oxygen atoms in total. The second-order valence-corrected chi connectivity index (χ2v) is 4.50. The maximum Gasteiger partial charge on any atom is 0.401 e. The van der Waals surface area contributed by atoms with Crippen LogP contribution in [-0.4, -0.2) is 63.5 Å². The van der Waals surface area contributed by atoms with Crippen LogP contribution in [0.5, 0.6) is 0 Å². The maximum absolute atomic E-state index is 12.1. The van der Waals surface area contributed by atoms with E-state index in [9.17, 15) is 26.3 Å². The van der Waals surface area contributed by atoms with Crippen molar-refractivity contribution < 1.29 is 26.3 Å². The zero-order valence-corrected chi connectivity index (χ0v) is 11.9. The van der Waals surface area contributed by atoms with Crippen molar-refractivity contribution in [3.05, 3.63) is 0 Å². The second-order valence-electron chi connectivity index (χ2n) is 4.50. The molecule has 0 bridgehead atoms. The van der Waals surface area contributed by atoms with Crippen LogP contribution in [0, 0.1) is 0 Å². The highest BCUT2D eigenvalue weighted by Crippen LogP contribution is 2.18. The highest BCUT2D eigenvalue weighted by molar-refractivity contribution is 5.79. The van der Waals surface area contributed by atoms with E-state index in [0.717, 1.165) is 4.90 Å². The van der Waals surface area contributed by atoms with Gasteiger partial charge < -0.3 is 10.6 Å². The topological polar surface area (TPSA) is 39.7 Å². The molecule has 0 spiro atoms. The van der Waals surface area contributed by atoms with Crippen LogP contribution >= 0.6 is 0 Å². The van der Waals surface area contributed by atoms with E-state index >= 15 is 0 Å². The van der Waals surface area contributed by atoms with Crippen LogP contribution in [0.1, 0.15) is 12.8 Å². The zero-order chi connectivity index (χ0) is 16.5. The van der Waals surface area contributed by atoms with Crippen molar-refractivity contribution in [3.63, 3.8) is 0 Å². The molecule has 0 radical (unpaired) electrons. The molecule has 21 heavy (non-hydrogen) atoms. The molecular formula is C11H20F6N4. The molecule has 0 rings (SSSR count). The summed E-state index contributed by atoms with van der Waals surface area (Å²) >= 11 is 0. The minimum absolute atomic E-state index is 0.192. The van der Waals surface area contributed by atoms with Crippen molar-refractivity contribution in [3.8, 4) is 0 Å². The molecule has 0 heterocycles. The van der Waals surface area contributed by atoms with E-state index < -0.39 is 25.3 Å². The van der Waals surface area contributed by atoms with Crippen LogP contribution in [0.3, 0.4) is 0 Å². The van der Waals surface area contributed by atoms with Gasteiger partial charge in [-0.05, 0) is 20.0 Å². The van der Waals surface area contributed by atoms with E-state index in [4.69, 9.17) is 0 Å². The summed E-state index contributed by atoms with van der Waals surface area (Å²) in [5.41, 5.74) is 0. The minimum atomic E-state index is -4.24. The average Bonchev–Trinajstić information content (AvgIpc) is 2.28. The highest BCUT2D eigenvalue weighted by atomic mass is 19.4. The monoisotopic (exact) mass is 322 g/mol. The first-order valence-corrected chi connectivity index (χ1v) is 6.30. The van der Waals surface area contributed by atoms with E-state index in [1.165, 1.54) is 14.1 Å². The van der Waals surface area contributed by atoms with Gasteiger partial charge in [-0.2, -0.15) is 26.3 Å². The minimum Gasteiger partial charge on any atom is -0.356 e. The Morgan fingerprint density at radius 1 is 1.00 bits per heavy atom. The molecule has 0 aromatic rings. The average molecular weight is 322 g/mol. The van der Waals surface area contributed by atoms with Crippen molar-refractivity contribution in [2.24, 2.45) is 4.99 Å².